The number of carbonyl (C=O) groups is 1. The van der Waals surface area contributed by atoms with Gasteiger partial charge in [0.25, 0.3) is 0 Å². The number of rotatable bonds is 8. The van der Waals surface area contributed by atoms with Crippen molar-refractivity contribution in [3.63, 3.8) is 0 Å². The molecule has 0 aromatic heterocycles. The second-order valence-corrected chi connectivity index (χ2v) is 12.3. The van der Waals surface area contributed by atoms with Gasteiger partial charge in [0.15, 0.2) is 8.32 Å². The van der Waals surface area contributed by atoms with E-state index in [9.17, 15) is 4.79 Å². The zero-order chi connectivity index (χ0) is 18.4. The first-order chi connectivity index (χ1) is 11.1. The Kier molecular flexibility index (Phi) is 7.43. The van der Waals surface area contributed by atoms with Crippen LogP contribution < -0.4 is 0 Å². The SMILES string of the molecule is C=CC[C@H](C(=O)OCC)[C@@H](O[Si](C)(C)C(C)(C)C)c1ccccc1. The van der Waals surface area contributed by atoms with Gasteiger partial charge in [0, 0.05) is 0 Å². The van der Waals surface area contributed by atoms with Gasteiger partial charge in [-0.25, -0.2) is 0 Å². The van der Waals surface area contributed by atoms with E-state index in [-0.39, 0.29) is 23.0 Å². The Labute approximate surface area is 148 Å². The van der Waals surface area contributed by atoms with Crippen LogP contribution in [0.3, 0.4) is 0 Å². The highest BCUT2D eigenvalue weighted by atomic mass is 28.4. The maximum atomic E-state index is 12.5. The molecule has 0 aliphatic rings. The summed E-state index contributed by atoms with van der Waals surface area (Å²) in [6, 6.07) is 9.97. The van der Waals surface area contributed by atoms with E-state index < -0.39 is 8.32 Å². The van der Waals surface area contributed by atoms with Crippen LogP contribution in [0.5, 0.6) is 0 Å². The van der Waals surface area contributed by atoms with E-state index in [1.165, 1.54) is 0 Å². The minimum atomic E-state index is -2.05. The van der Waals surface area contributed by atoms with E-state index in [1.54, 1.807) is 6.08 Å². The molecule has 4 heteroatoms. The highest BCUT2D eigenvalue weighted by molar-refractivity contribution is 6.74. The van der Waals surface area contributed by atoms with E-state index in [2.05, 4.69) is 40.4 Å². The topological polar surface area (TPSA) is 35.5 Å². The number of carbonyl (C=O) groups excluding carboxylic acids is 1. The fraction of sp³-hybridized carbons (Fsp3) is 0.550. The second-order valence-electron chi connectivity index (χ2n) is 7.59. The zero-order valence-corrected chi connectivity index (χ0v) is 17.0. The summed E-state index contributed by atoms with van der Waals surface area (Å²) >= 11 is 0. The fourth-order valence-electron chi connectivity index (χ4n) is 2.29. The molecule has 1 aromatic carbocycles. The molecule has 0 spiro atoms. The molecule has 0 unspecified atom stereocenters. The Morgan fingerprint density at radius 2 is 1.83 bits per heavy atom. The molecule has 0 saturated heterocycles. The van der Waals surface area contributed by atoms with Crippen molar-refractivity contribution in [2.45, 2.75) is 58.4 Å². The summed E-state index contributed by atoms with van der Waals surface area (Å²) in [4.78, 5) is 12.5. The first kappa shape index (κ1) is 20.7. The molecule has 0 N–H and O–H groups in total. The van der Waals surface area contributed by atoms with Crippen molar-refractivity contribution in [2.24, 2.45) is 5.92 Å². The monoisotopic (exact) mass is 348 g/mol. The maximum absolute atomic E-state index is 12.5. The molecule has 0 aliphatic carbocycles. The Balaban J connectivity index is 3.26. The molecule has 0 fully saturated rings. The van der Waals surface area contributed by atoms with Crippen LogP contribution in [0.25, 0.3) is 0 Å². The van der Waals surface area contributed by atoms with Crippen LogP contribution in [0.2, 0.25) is 18.1 Å². The third kappa shape index (κ3) is 5.31. The lowest BCUT2D eigenvalue weighted by atomic mass is 9.93. The van der Waals surface area contributed by atoms with Gasteiger partial charge in [-0.2, -0.15) is 0 Å². The minimum Gasteiger partial charge on any atom is -0.466 e. The normalized spacial score (nSPS) is 14.8. The molecule has 1 aromatic rings. The van der Waals surface area contributed by atoms with E-state index in [4.69, 9.17) is 9.16 Å². The van der Waals surface area contributed by atoms with E-state index >= 15 is 0 Å². The Morgan fingerprint density at radius 3 is 2.29 bits per heavy atom. The molecule has 134 valence electrons. The highest BCUT2D eigenvalue weighted by Gasteiger charge is 2.42. The molecule has 0 amide bonds. The number of hydrogen-bond acceptors (Lipinski definition) is 3. The first-order valence-electron chi connectivity index (χ1n) is 8.64. The van der Waals surface area contributed by atoms with E-state index in [1.807, 2.05) is 37.3 Å². The Morgan fingerprint density at radius 1 is 1.25 bits per heavy atom. The van der Waals surface area contributed by atoms with Crippen molar-refractivity contribution in [3.05, 3.63) is 48.6 Å². The van der Waals surface area contributed by atoms with Gasteiger partial charge in [0.05, 0.1) is 18.6 Å². The fourth-order valence-corrected chi connectivity index (χ4v) is 3.58. The third-order valence-electron chi connectivity index (χ3n) is 4.73. The maximum Gasteiger partial charge on any atom is 0.312 e. The molecule has 0 bridgehead atoms. The third-order valence-corrected chi connectivity index (χ3v) is 9.19. The average Bonchev–Trinajstić information content (AvgIpc) is 2.50. The Bertz CT molecular complexity index is 532. The summed E-state index contributed by atoms with van der Waals surface area (Å²) in [6.07, 6.45) is 1.99. The highest BCUT2D eigenvalue weighted by Crippen LogP contribution is 2.42. The molecular formula is C20H32O3Si. The molecule has 0 radical (unpaired) electrons. The van der Waals surface area contributed by atoms with Gasteiger partial charge >= 0.3 is 5.97 Å². The molecule has 24 heavy (non-hydrogen) atoms. The van der Waals surface area contributed by atoms with Crippen molar-refractivity contribution >= 4 is 14.3 Å². The predicted octanol–water partition coefficient (Wildman–Crippen LogP) is 5.50. The van der Waals surface area contributed by atoms with Crippen molar-refractivity contribution in [1.82, 2.24) is 0 Å². The molecule has 0 saturated carbocycles. The van der Waals surface area contributed by atoms with Gasteiger partial charge in [-0.1, -0.05) is 57.2 Å². The zero-order valence-electron chi connectivity index (χ0n) is 16.0. The quantitative estimate of drug-likeness (QED) is 0.353. The average molecular weight is 349 g/mol. The lowest BCUT2D eigenvalue weighted by Crippen LogP contribution is -2.44. The van der Waals surface area contributed by atoms with Crippen LogP contribution in [0, 0.1) is 5.92 Å². The summed E-state index contributed by atoms with van der Waals surface area (Å²) in [7, 11) is -2.05. The largest absolute Gasteiger partial charge is 0.466 e. The van der Waals surface area contributed by atoms with Gasteiger partial charge in [-0.05, 0) is 37.0 Å². The van der Waals surface area contributed by atoms with E-state index in [0.29, 0.717) is 13.0 Å². The van der Waals surface area contributed by atoms with Gasteiger partial charge in [0.1, 0.15) is 0 Å². The Hall–Kier alpha value is -1.39. The lowest BCUT2D eigenvalue weighted by Gasteiger charge is -2.41. The number of esters is 1. The molecule has 2 atom stereocenters. The van der Waals surface area contributed by atoms with Crippen molar-refractivity contribution in [3.8, 4) is 0 Å². The van der Waals surface area contributed by atoms with Crippen LogP contribution in [-0.4, -0.2) is 20.9 Å². The van der Waals surface area contributed by atoms with Crippen molar-refractivity contribution < 1.29 is 14.0 Å². The summed E-state index contributed by atoms with van der Waals surface area (Å²) in [5.74, 6) is -0.594. The number of benzene rings is 1. The lowest BCUT2D eigenvalue weighted by molar-refractivity contribution is -0.151. The first-order valence-corrected chi connectivity index (χ1v) is 11.5. The number of hydrogen-bond donors (Lipinski definition) is 0. The molecule has 3 nitrogen and oxygen atoms in total. The summed E-state index contributed by atoms with van der Waals surface area (Å²) in [6.45, 7) is 17.0. The minimum absolute atomic E-state index is 0.0629. The van der Waals surface area contributed by atoms with Crippen LogP contribution >= 0.6 is 0 Å². The van der Waals surface area contributed by atoms with Crippen molar-refractivity contribution in [2.75, 3.05) is 6.61 Å². The van der Waals surface area contributed by atoms with Crippen LogP contribution in [-0.2, 0) is 14.0 Å². The van der Waals surface area contributed by atoms with Crippen molar-refractivity contribution in [1.29, 1.82) is 0 Å². The predicted molar refractivity (Wildman–Crippen MR) is 102 cm³/mol. The summed E-state index contributed by atoms with van der Waals surface area (Å²) in [5.41, 5.74) is 1.02. The van der Waals surface area contributed by atoms with Crippen LogP contribution in [0.4, 0.5) is 0 Å². The van der Waals surface area contributed by atoms with Gasteiger partial charge in [-0.3, -0.25) is 4.79 Å². The number of ether oxygens (including phenoxy) is 1. The summed E-state index contributed by atoms with van der Waals surface area (Å²) in [5, 5.41) is 0.0629. The molecular weight excluding hydrogens is 316 g/mol. The van der Waals surface area contributed by atoms with E-state index in [0.717, 1.165) is 5.56 Å². The van der Waals surface area contributed by atoms with Crippen LogP contribution in [0.1, 0.15) is 45.8 Å². The standard InChI is InChI=1S/C20H32O3Si/c1-8-13-17(19(21)22-9-2)18(16-14-11-10-12-15-16)23-24(6,7)20(3,4)5/h8,10-12,14-15,17-18H,1,9,13H2,2-7H3/t17-,18-/m0/s1. The van der Waals surface area contributed by atoms with Gasteiger partial charge in [0.2, 0.25) is 0 Å². The summed E-state index contributed by atoms with van der Waals surface area (Å²) < 4.78 is 12.0. The molecule has 1 rings (SSSR count). The second kappa shape index (κ2) is 8.63. The molecule has 0 heterocycles. The van der Waals surface area contributed by atoms with Gasteiger partial charge in [-0.15, -0.1) is 6.58 Å². The number of allylic oxidation sites excluding steroid dienone is 1. The smallest absolute Gasteiger partial charge is 0.312 e. The van der Waals surface area contributed by atoms with Gasteiger partial charge < -0.3 is 9.16 Å². The van der Waals surface area contributed by atoms with Crippen LogP contribution in [0.15, 0.2) is 43.0 Å². The molecule has 0 aliphatic heterocycles.